The SMILES string of the molecule is CC(=O)OCC1O[C@@H](O[C@H]2C(COC(C)=O)O[C@@H](O[C@H]3C(COC(C)=O)O[C@@H](OCCCC[C@H](NC(=O)OCC4c5ccccc5-c5ccccc54)C(=O)O)C(OC(C)=O)[C@H]3OC(C)=O)C(OC(C)=O)[C@H]2OC(C)=O)C(OC(C)=O)[C@@H](OC(C)=O)[C@H]1OC(C)=O. The molecule has 2 aromatic rings. The van der Waals surface area contributed by atoms with Gasteiger partial charge in [0.1, 0.15) is 63.0 Å². The first kappa shape index (κ1) is 70.7. The molecule has 494 valence electrons. The third-order valence-electron chi connectivity index (χ3n) is 13.9. The number of carboxylic acids is 1. The van der Waals surface area contributed by atoms with Gasteiger partial charge < -0.3 is 90.9 Å². The zero-order valence-corrected chi connectivity index (χ0v) is 50.9. The number of carbonyl (C=O) groups is 12. The number of carboxylic acid groups (broad SMARTS) is 1. The normalized spacial score (nSPS) is 27.1. The Kier molecular flexibility index (Phi) is 25.9. The fraction of sp³-hybridized carbons (Fsp3) is 0.593. The maximum absolute atomic E-state index is 13.2. The molecule has 3 saturated heterocycles. The Labute approximate surface area is 515 Å². The second-order valence-electron chi connectivity index (χ2n) is 21.0. The number of benzene rings is 2. The zero-order valence-electron chi connectivity index (χ0n) is 50.9. The van der Waals surface area contributed by atoms with E-state index in [9.17, 15) is 62.6 Å². The predicted octanol–water partition coefficient (Wildman–Crippen LogP) is 2.32. The molecule has 1 amide bonds. The highest BCUT2D eigenvalue weighted by Gasteiger charge is 2.60. The molecule has 31 nitrogen and oxygen atoms in total. The lowest BCUT2D eigenvalue weighted by Gasteiger charge is -2.50. The van der Waals surface area contributed by atoms with Crippen molar-refractivity contribution in [2.24, 2.45) is 0 Å². The van der Waals surface area contributed by atoms with Gasteiger partial charge in [0, 0.05) is 81.8 Å². The second-order valence-corrected chi connectivity index (χ2v) is 21.0. The number of carbonyl (C=O) groups excluding carboxylic acids is 11. The van der Waals surface area contributed by atoms with Gasteiger partial charge in [0.2, 0.25) is 0 Å². The molecule has 3 fully saturated rings. The summed E-state index contributed by atoms with van der Waals surface area (Å²) in [5, 5.41) is 12.5. The summed E-state index contributed by atoms with van der Waals surface area (Å²) in [6.45, 7) is 7.18. The third kappa shape index (κ3) is 19.8. The Morgan fingerprint density at radius 1 is 0.411 bits per heavy atom. The Morgan fingerprint density at radius 2 is 0.756 bits per heavy atom. The zero-order chi connectivity index (χ0) is 66.1. The van der Waals surface area contributed by atoms with Crippen LogP contribution in [0.4, 0.5) is 4.79 Å². The minimum absolute atomic E-state index is 0.0671. The number of hydrogen-bond donors (Lipinski definition) is 2. The van der Waals surface area contributed by atoms with Crippen LogP contribution in [0.2, 0.25) is 0 Å². The lowest BCUT2D eigenvalue weighted by molar-refractivity contribution is -0.380. The minimum Gasteiger partial charge on any atom is -0.480 e. The van der Waals surface area contributed by atoms with Crippen molar-refractivity contribution in [3.63, 3.8) is 0 Å². The van der Waals surface area contributed by atoms with Crippen LogP contribution in [0.25, 0.3) is 11.1 Å². The first-order valence-corrected chi connectivity index (χ1v) is 28.5. The number of nitrogens with one attached hydrogen (secondary N) is 1. The fourth-order valence-corrected chi connectivity index (χ4v) is 10.6. The minimum atomic E-state index is -2.10. The molecule has 6 unspecified atom stereocenters. The van der Waals surface area contributed by atoms with Crippen LogP contribution in [0.1, 0.15) is 106 Å². The molecule has 0 aromatic heterocycles. The molecule has 31 heteroatoms. The first-order valence-electron chi connectivity index (χ1n) is 28.5. The first-order chi connectivity index (χ1) is 42.6. The van der Waals surface area contributed by atoms with Crippen LogP contribution < -0.4 is 5.32 Å². The average molecular weight is 1280 g/mol. The summed E-state index contributed by atoms with van der Waals surface area (Å²) in [7, 11) is 0. The lowest BCUT2D eigenvalue weighted by Crippen LogP contribution is -2.69. The van der Waals surface area contributed by atoms with Crippen LogP contribution in [0, 0.1) is 0 Å². The van der Waals surface area contributed by atoms with Crippen LogP contribution in [-0.4, -0.2) is 208 Å². The van der Waals surface area contributed by atoms with E-state index in [4.69, 9.17) is 80.5 Å². The van der Waals surface area contributed by atoms with Crippen molar-refractivity contribution in [2.75, 3.05) is 33.0 Å². The van der Waals surface area contributed by atoms with Gasteiger partial charge in [-0.2, -0.15) is 0 Å². The van der Waals surface area contributed by atoms with E-state index >= 15 is 0 Å². The number of alkyl carbamates (subject to hydrolysis) is 1. The molecule has 1 aliphatic carbocycles. The van der Waals surface area contributed by atoms with E-state index in [2.05, 4.69) is 5.32 Å². The topological polar surface area (TPSA) is 394 Å². The van der Waals surface area contributed by atoms with E-state index in [1.807, 2.05) is 48.5 Å². The molecule has 6 rings (SSSR count). The fourth-order valence-electron chi connectivity index (χ4n) is 10.6. The second kappa shape index (κ2) is 32.9. The average Bonchev–Trinajstić information content (AvgIpc) is 1.05. The van der Waals surface area contributed by atoms with Gasteiger partial charge in [0.05, 0.1) is 0 Å². The Balaban J connectivity index is 1.28. The van der Waals surface area contributed by atoms with E-state index in [0.29, 0.717) is 0 Å². The molecule has 0 saturated carbocycles. The third-order valence-corrected chi connectivity index (χ3v) is 13.9. The van der Waals surface area contributed by atoms with Crippen molar-refractivity contribution in [1.82, 2.24) is 5.32 Å². The van der Waals surface area contributed by atoms with E-state index in [1.54, 1.807) is 0 Å². The number of ether oxygens (including phenoxy) is 17. The van der Waals surface area contributed by atoms with Crippen molar-refractivity contribution < 1.29 is 143 Å². The number of fused-ring (bicyclic) bond motifs is 3. The van der Waals surface area contributed by atoms with Crippen LogP contribution in [-0.2, 0) is 133 Å². The molecule has 3 aliphatic heterocycles. The van der Waals surface area contributed by atoms with Gasteiger partial charge in [-0.3, -0.25) is 47.9 Å². The van der Waals surface area contributed by atoms with Crippen molar-refractivity contribution >= 4 is 71.8 Å². The van der Waals surface area contributed by atoms with Gasteiger partial charge >= 0.3 is 71.8 Å². The number of amides is 1. The van der Waals surface area contributed by atoms with Gasteiger partial charge in [-0.05, 0) is 41.5 Å². The van der Waals surface area contributed by atoms with Gasteiger partial charge in [0.25, 0.3) is 0 Å². The monoisotopic (exact) mass is 1280 g/mol. The smallest absolute Gasteiger partial charge is 0.407 e. The summed E-state index contributed by atoms with van der Waals surface area (Å²) in [4.78, 5) is 153. The van der Waals surface area contributed by atoms with Crippen molar-refractivity contribution in [2.45, 2.75) is 193 Å². The predicted molar refractivity (Wildman–Crippen MR) is 294 cm³/mol. The molecule has 0 radical (unpaired) electrons. The number of rotatable bonds is 27. The summed E-state index contributed by atoms with van der Waals surface area (Å²) in [6.07, 6.45) is -28.5. The van der Waals surface area contributed by atoms with E-state index in [-0.39, 0.29) is 38.4 Å². The quantitative estimate of drug-likeness (QED) is 0.0736. The number of hydrogen-bond acceptors (Lipinski definition) is 29. The molecule has 0 bridgehead atoms. The molecule has 4 aliphatic rings. The summed E-state index contributed by atoms with van der Waals surface area (Å²) in [5.74, 6) is -11.5. The van der Waals surface area contributed by atoms with Crippen molar-refractivity contribution in [3.05, 3.63) is 59.7 Å². The number of aliphatic carboxylic acids is 1. The summed E-state index contributed by atoms with van der Waals surface area (Å²) >= 11 is 0. The number of esters is 10. The van der Waals surface area contributed by atoms with Gasteiger partial charge in [-0.1, -0.05) is 48.5 Å². The Bertz CT molecular complexity index is 2890. The highest BCUT2D eigenvalue weighted by Crippen LogP contribution is 2.45. The van der Waals surface area contributed by atoms with Crippen LogP contribution in [0.3, 0.4) is 0 Å². The largest absolute Gasteiger partial charge is 0.480 e. The molecule has 2 aromatic carbocycles. The van der Waals surface area contributed by atoms with Crippen molar-refractivity contribution in [3.8, 4) is 11.1 Å². The lowest BCUT2D eigenvalue weighted by atomic mass is 9.95. The van der Waals surface area contributed by atoms with Gasteiger partial charge in [-0.15, -0.1) is 0 Å². The van der Waals surface area contributed by atoms with Gasteiger partial charge in [-0.25, -0.2) is 9.59 Å². The highest BCUT2D eigenvalue weighted by molar-refractivity contribution is 5.81. The van der Waals surface area contributed by atoms with Crippen LogP contribution in [0.5, 0.6) is 0 Å². The van der Waals surface area contributed by atoms with Crippen LogP contribution >= 0.6 is 0 Å². The maximum Gasteiger partial charge on any atom is 0.407 e. The molecule has 2 N–H and O–H groups in total. The van der Waals surface area contributed by atoms with E-state index < -0.39 is 190 Å². The maximum atomic E-state index is 13.2. The summed E-state index contributed by atoms with van der Waals surface area (Å²) in [5.41, 5.74) is 3.89. The van der Waals surface area contributed by atoms with E-state index in [1.165, 1.54) is 0 Å². The molecule has 16 atom stereocenters. The summed E-state index contributed by atoms with van der Waals surface area (Å²) in [6, 6.07) is 13.9. The highest BCUT2D eigenvalue weighted by atomic mass is 16.8. The van der Waals surface area contributed by atoms with Crippen molar-refractivity contribution in [1.29, 1.82) is 0 Å². The molecule has 3 heterocycles. The van der Waals surface area contributed by atoms with Crippen LogP contribution in [0.15, 0.2) is 48.5 Å². The summed E-state index contributed by atoms with van der Waals surface area (Å²) < 4.78 is 98.9. The van der Waals surface area contributed by atoms with E-state index in [0.717, 1.165) is 91.5 Å². The molecule has 0 spiro atoms. The standard InChI is InChI=1S/C59H73NO30/c1-27(61)75-24-43-46(79-30(4)64)49(80-31(5)65)53(84-35(9)69)57(87-43)90-48-45(26-77-29(3)63)88-58(54(85-36(10)70)51(48)82-33(7)67)89-47-44(25-76-28(2)62)86-56(52(83-34(8)68)50(47)81-32(6)66)74-22-16-15-21-42(55(71)72)60-59(73)78-23-41-39-19-13-11-17-37(39)38-18-12-14-20-40(38)41/h11-14,17-20,41-54,56-58H,15-16,21-26H2,1-10H3,(H,60,73)(H,71,72)/t42-,43?,44?,45?,46-,47-,48-,49-,50-,51-,52?,53?,54?,56+,57-,58-/m0/s1. The van der Waals surface area contributed by atoms with Gasteiger partial charge in [0.15, 0.2) is 61.6 Å². The Morgan fingerprint density at radius 3 is 1.14 bits per heavy atom. The molecular formula is C59H73NO30. The Hall–Kier alpha value is -8.36. The molecular weight excluding hydrogens is 1200 g/mol. The number of unbranched alkanes of at least 4 members (excludes halogenated alkanes) is 1. The molecule has 90 heavy (non-hydrogen) atoms.